The molecule has 1 aliphatic rings. The third-order valence-corrected chi connectivity index (χ3v) is 5.51. The molecule has 3 heterocycles. The minimum absolute atomic E-state index is 0.0111. The van der Waals surface area contributed by atoms with Crippen molar-refractivity contribution < 1.29 is 9.53 Å². The number of nitrogens with zero attached hydrogens (tertiary/aromatic N) is 4. The SMILES string of the molecule is COCC(=O)N1CCCCC1c1nc(C)cc(Nc2nc(C)c(C)s2)n1. The summed E-state index contributed by atoms with van der Waals surface area (Å²) in [6.07, 6.45) is 2.93. The van der Waals surface area contributed by atoms with Crippen LogP contribution in [0.2, 0.25) is 0 Å². The van der Waals surface area contributed by atoms with Crippen LogP contribution in [0, 0.1) is 20.8 Å². The maximum Gasteiger partial charge on any atom is 0.249 e. The van der Waals surface area contributed by atoms with Crippen molar-refractivity contribution in [3.05, 3.63) is 28.2 Å². The highest BCUT2D eigenvalue weighted by Crippen LogP contribution is 2.31. The summed E-state index contributed by atoms with van der Waals surface area (Å²) in [6, 6.07) is 1.80. The lowest BCUT2D eigenvalue weighted by Crippen LogP contribution is -2.41. The first kappa shape index (κ1) is 18.7. The van der Waals surface area contributed by atoms with Gasteiger partial charge in [0.25, 0.3) is 0 Å². The van der Waals surface area contributed by atoms with Crippen molar-refractivity contribution in [2.24, 2.45) is 0 Å². The molecule has 1 aliphatic heterocycles. The second-order valence-electron chi connectivity index (χ2n) is 6.57. The minimum atomic E-state index is -0.105. The molecule has 0 aromatic carbocycles. The van der Waals surface area contributed by atoms with Crippen molar-refractivity contribution in [2.75, 3.05) is 25.6 Å². The Morgan fingerprint density at radius 1 is 1.31 bits per heavy atom. The highest BCUT2D eigenvalue weighted by atomic mass is 32.1. The fourth-order valence-corrected chi connectivity index (χ4v) is 3.97. The highest BCUT2D eigenvalue weighted by molar-refractivity contribution is 7.15. The number of aryl methyl sites for hydroxylation is 3. The number of hydrogen-bond acceptors (Lipinski definition) is 7. The number of methoxy groups -OCH3 is 1. The predicted octanol–water partition coefficient (Wildman–Crippen LogP) is 3.30. The number of likely N-dealkylation sites (tertiary alicyclic amines) is 1. The van der Waals surface area contributed by atoms with Gasteiger partial charge in [-0.15, -0.1) is 11.3 Å². The van der Waals surface area contributed by atoms with Crippen LogP contribution in [0.4, 0.5) is 10.9 Å². The fraction of sp³-hybridized carbons (Fsp3) is 0.556. The first-order valence-electron chi connectivity index (χ1n) is 8.83. The number of carbonyl (C=O) groups excluding carboxylic acids is 1. The molecule has 26 heavy (non-hydrogen) atoms. The number of piperidine rings is 1. The molecule has 1 saturated heterocycles. The zero-order chi connectivity index (χ0) is 18.7. The normalized spacial score (nSPS) is 17.4. The molecule has 0 spiro atoms. The number of carbonyl (C=O) groups is 1. The van der Waals surface area contributed by atoms with Crippen LogP contribution in [0.15, 0.2) is 6.07 Å². The summed E-state index contributed by atoms with van der Waals surface area (Å²) in [7, 11) is 1.54. The fourth-order valence-electron chi connectivity index (χ4n) is 3.15. The third kappa shape index (κ3) is 4.19. The topological polar surface area (TPSA) is 80.2 Å². The number of hydrogen-bond donors (Lipinski definition) is 1. The number of amides is 1. The van der Waals surface area contributed by atoms with Crippen molar-refractivity contribution >= 4 is 28.2 Å². The van der Waals surface area contributed by atoms with Crippen molar-refractivity contribution in [2.45, 2.75) is 46.1 Å². The Kier molecular flexibility index (Phi) is 5.83. The van der Waals surface area contributed by atoms with Crippen molar-refractivity contribution in [3.63, 3.8) is 0 Å². The van der Waals surface area contributed by atoms with Crippen LogP contribution in [-0.2, 0) is 9.53 Å². The maximum absolute atomic E-state index is 12.4. The average Bonchev–Trinajstić information content (AvgIpc) is 2.92. The average molecular weight is 375 g/mol. The van der Waals surface area contributed by atoms with Gasteiger partial charge in [0.1, 0.15) is 12.4 Å². The lowest BCUT2D eigenvalue weighted by atomic mass is 10.0. The Morgan fingerprint density at radius 2 is 2.12 bits per heavy atom. The molecule has 2 aromatic heterocycles. The van der Waals surface area contributed by atoms with Crippen molar-refractivity contribution in [1.29, 1.82) is 0 Å². The number of ether oxygens (including phenoxy) is 1. The Balaban J connectivity index is 1.86. The predicted molar refractivity (Wildman–Crippen MR) is 102 cm³/mol. The molecule has 3 rings (SSSR count). The van der Waals surface area contributed by atoms with Gasteiger partial charge in [-0.3, -0.25) is 4.79 Å². The first-order valence-corrected chi connectivity index (χ1v) is 9.64. The number of nitrogens with one attached hydrogen (secondary N) is 1. The van der Waals surface area contributed by atoms with Gasteiger partial charge < -0.3 is 15.0 Å². The van der Waals surface area contributed by atoms with Gasteiger partial charge in [-0.05, 0) is 40.0 Å². The largest absolute Gasteiger partial charge is 0.375 e. The summed E-state index contributed by atoms with van der Waals surface area (Å²) in [4.78, 5) is 29.3. The Bertz CT molecular complexity index is 772. The van der Waals surface area contributed by atoms with E-state index in [1.54, 1.807) is 18.4 Å². The lowest BCUT2D eigenvalue weighted by molar-refractivity contribution is -0.139. The van der Waals surface area contributed by atoms with Crippen molar-refractivity contribution in [3.8, 4) is 0 Å². The first-order chi connectivity index (χ1) is 12.5. The quantitative estimate of drug-likeness (QED) is 0.864. The van der Waals surface area contributed by atoms with Crippen molar-refractivity contribution in [1.82, 2.24) is 19.9 Å². The molecule has 140 valence electrons. The number of aromatic nitrogens is 3. The van der Waals surface area contributed by atoms with Gasteiger partial charge in [-0.25, -0.2) is 15.0 Å². The van der Waals surface area contributed by atoms with Crippen LogP contribution >= 0.6 is 11.3 Å². The smallest absolute Gasteiger partial charge is 0.249 e. The molecule has 0 saturated carbocycles. The van der Waals surface area contributed by atoms with Crippen LogP contribution in [0.5, 0.6) is 0 Å². The van der Waals surface area contributed by atoms with Crippen LogP contribution in [0.3, 0.4) is 0 Å². The summed E-state index contributed by atoms with van der Waals surface area (Å²) in [6.45, 7) is 6.80. The van der Waals surface area contributed by atoms with Gasteiger partial charge in [-0.2, -0.15) is 0 Å². The molecule has 1 fully saturated rings. The van der Waals surface area contributed by atoms with E-state index in [4.69, 9.17) is 9.72 Å². The van der Waals surface area contributed by atoms with Gasteiger partial charge >= 0.3 is 0 Å². The molecule has 1 atom stereocenters. The molecule has 1 unspecified atom stereocenters. The van der Waals surface area contributed by atoms with E-state index < -0.39 is 0 Å². The third-order valence-electron chi connectivity index (χ3n) is 4.52. The van der Waals surface area contributed by atoms with Gasteiger partial charge in [0, 0.05) is 30.3 Å². The molecule has 2 aromatic rings. The van der Waals surface area contributed by atoms with E-state index in [9.17, 15) is 4.79 Å². The zero-order valence-corrected chi connectivity index (χ0v) is 16.5. The van der Waals surface area contributed by atoms with E-state index in [2.05, 4.69) is 22.2 Å². The monoisotopic (exact) mass is 375 g/mol. The second kappa shape index (κ2) is 8.09. The molecule has 7 nitrogen and oxygen atoms in total. The summed E-state index contributed by atoms with van der Waals surface area (Å²) >= 11 is 1.60. The van der Waals surface area contributed by atoms with E-state index in [1.165, 1.54) is 4.88 Å². The Hall–Kier alpha value is -2.06. The van der Waals surface area contributed by atoms with Gasteiger partial charge in [0.2, 0.25) is 5.91 Å². The van der Waals surface area contributed by atoms with E-state index in [0.29, 0.717) is 11.6 Å². The molecule has 1 amide bonds. The molecule has 0 aliphatic carbocycles. The molecule has 0 radical (unpaired) electrons. The summed E-state index contributed by atoms with van der Waals surface area (Å²) < 4.78 is 5.03. The summed E-state index contributed by atoms with van der Waals surface area (Å²) in [5.41, 5.74) is 1.89. The summed E-state index contributed by atoms with van der Waals surface area (Å²) in [5, 5.41) is 4.10. The maximum atomic E-state index is 12.4. The standard InChI is InChI=1S/C18H25N5O2S/c1-11-9-15(22-18-20-12(2)13(3)26-18)21-17(19-11)14-7-5-6-8-23(14)16(24)10-25-4/h9,14H,5-8,10H2,1-4H3,(H,19,20,21,22). The zero-order valence-electron chi connectivity index (χ0n) is 15.7. The van der Waals surface area contributed by atoms with Crippen LogP contribution < -0.4 is 5.32 Å². The Morgan fingerprint density at radius 3 is 2.81 bits per heavy atom. The lowest BCUT2D eigenvalue weighted by Gasteiger charge is -2.34. The molecular formula is C18H25N5O2S. The van der Waals surface area contributed by atoms with E-state index >= 15 is 0 Å². The van der Waals surface area contributed by atoms with Crippen LogP contribution in [0.1, 0.15) is 47.4 Å². The Labute approximate surface area is 157 Å². The van der Waals surface area contributed by atoms with E-state index in [1.807, 2.05) is 24.8 Å². The molecular weight excluding hydrogens is 350 g/mol. The number of anilines is 2. The highest BCUT2D eigenvalue weighted by Gasteiger charge is 2.30. The van der Waals surface area contributed by atoms with Gasteiger partial charge in [0.15, 0.2) is 11.0 Å². The molecule has 1 N–H and O–H groups in total. The second-order valence-corrected chi connectivity index (χ2v) is 7.77. The minimum Gasteiger partial charge on any atom is -0.375 e. The van der Waals surface area contributed by atoms with Crippen LogP contribution in [0.25, 0.3) is 0 Å². The van der Waals surface area contributed by atoms with Gasteiger partial charge in [-0.1, -0.05) is 0 Å². The number of thiazole rings is 1. The molecule has 0 bridgehead atoms. The van der Waals surface area contributed by atoms with E-state index in [0.717, 1.165) is 42.3 Å². The summed E-state index contributed by atoms with van der Waals surface area (Å²) in [5.74, 6) is 1.38. The van der Waals surface area contributed by atoms with E-state index in [-0.39, 0.29) is 18.6 Å². The number of rotatable bonds is 5. The van der Waals surface area contributed by atoms with Crippen LogP contribution in [-0.4, -0.2) is 46.0 Å². The molecule has 8 heteroatoms. The van der Waals surface area contributed by atoms with Gasteiger partial charge in [0.05, 0.1) is 11.7 Å².